The number of amidine groups is 1. The Hall–Kier alpha value is -2.41. The first-order valence-corrected chi connectivity index (χ1v) is 5.94. The number of nitrogens with zero attached hydrogens (tertiary/aromatic N) is 3. The van der Waals surface area contributed by atoms with E-state index in [1.807, 2.05) is 23.1 Å². The van der Waals surface area contributed by atoms with E-state index in [-0.39, 0.29) is 12.2 Å². The molecule has 2 heterocycles. The average Bonchev–Trinajstić information content (AvgIpc) is 2.94. The topological polar surface area (TPSA) is 78.3 Å². The first-order valence-electron chi connectivity index (χ1n) is 5.94. The lowest BCUT2D eigenvalue weighted by molar-refractivity contribution is 0.0907. The van der Waals surface area contributed by atoms with Gasteiger partial charge in [0.25, 0.3) is 11.9 Å². The predicted molar refractivity (Wildman–Crippen MR) is 69.4 cm³/mol. The largest absolute Gasteiger partial charge is 0.463 e. The van der Waals surface area contributed by atoms with Crippen molar-refractivity contribution >= 4 is 18.3 Å². The summed E-state index contributed by atoms with van der Waals surface area (Å²) in [5.74, 6) is -0.208. The molecule has 2 aliphatic heterocycles. The SMILES string of the molecule is O=C(NNC1N=CN=C2OCCN21)c1ccccc1. The zero-order valence-electron chi connectivity index (χ0n) is 10.1. The van der Waals surface area contributed by atoms with Gasteiger partial charge in [0.15, 0.2) is 6.29 Å². The summed E-state index contributed by atoms with van der Waals surface area (Å²) in [7, 11) is 0. The Kier molecular flexibility index (Phi) is 3.11. The molecule has 2 N–H and O–H groups in total. The summed E-state index contributed by atoms with van der Waals surface area (Å²) in [6.45, 7) is 1.27. The van der Waals surface area contributed by atoms with Crippen LogP contribution in [0.3, 0.4) is 0 Å². The first-order chi connectivity index (χ1) is 9.34. The van der Waals surface area contributed by atoms with Crippen molar-refractivity contribution in [2.45, 2.75) is 6.29 Å². The number of benzene rings is 1. The van der Waals surface area contributed by atoms with Gasteiger partial charge in [-0.3, -0.25) is 15.1 Å². The van der Waals surface area contributed by atoms with Gasteiger partial charge in [0.1, 0.15) is 12.9 Å². The highest BCUT2D eigenvalue weighted by Gasteiger charge is 2.29. The van der Waals surface area contributed by atoms with Crippen LogP contribution < -0.4 is 10.9 Å². The van der Waals surface area contributed by atoms with Gasteiger partial charge in [0, 0.05) is 5.56 Å². The molecule has 3 rings (SSSR count). The van der Waals surface area contributed by atoms with E-state index in [2.05, 4.69) is 20.8 Å². The van der Waals surface area contributed by atoms with Crippen LogP contribution in [0.25, 0.3) is 0 Å². The number of carbonyl (C=O) groups is 1. The Bertz CT molecular complexity index is 528. The molecule has 0 saturated carbocycles. The average molecular weight is 259 g/mol. The Morgan fingerprint density at radius 2 is 2.21 bits per heavy atom. The normalized spacial score (nSPS) is 20.5. The van der Waals surface area contributed by atoms with E-state index in [9.17, 15) is 4.79 Å². The second kappa shape index (κ2) is 5.07. The number of hydrazine groups is 1. The summed E-state index contributed by atoms with van der Waals surface area (Å²) in [6.07, 6.45) is 1.03. The minimum absolute atomic E-state index is 0.208. The number of fused-ring (bicyclic) bond motifs is 1. The van der Waals surface area contributed by atoms with Crippen LogP contribution in [0, 0.1) is 0 Å². The fourth-order valence-electron chi connectivity index (χ4n) is 1.89. The van der Waals surface area contributed by atoms with Crippen LogP contribution in [0.5, 0.6) is 0 Å². The Morgan fingerprint density at radius 1 is 1.37 bits per heavy atom. The predicted octanol–water partition coefficient (Wildman–Crippen LogP) is -0.0653. The van der Waals surface area contributed by atoms with Gasteiger partial charge in [-0.05, 0) is 12.1 Å². The molecule has 2 aliphatic rings. The van der Waals surface area contributed by atoms with E-state index in [1.165, 1.54) is 6.34 Å². The molecule has 1 aromatic rings. The van der Waals surface area contributed by atoms with Gasteiger partial charge < -0.3 is 4.74 Å². The lowest BCUT2D eigenvalue weighted by Crippen LogP contribution is -2.53. The molecular formula is C12H13N5O2. The summed E-state index contributed by atoms with van der Waals surface area (Å²) in [4.78, 5) is 21.9. The van der Waals surface area contributed by atoms with Crippen LogP contribution in [0.2, 0.25) is 0 Å². The molecule has 1 unspecified atom stereocenters. The molecule has 19 heavy (non-hydrogen) atoms. The highest BCUT2D eigenvalue weighted by atomic mass is 16.5. The molecule has 1 fully saturated rings. The molecule has 0 radical (unpaired) electrons. The third kappa shape index (κ3) is 2.41. The monoisotopic (exact) mass is 259 g/mol. The maximum absolute atomic E-state index is 11.9. The molecule has 7 nitrogen and oxygen atoms in total. The Balaban J connectivity index is 1.60. The van der Waals surface area contributed by atoms with Crippen LogP contribution in [0.1, 0.15) is 10.4 Å². The van der Waals surface area contributed by atoms with E-state index >= 15 is 0 Å². The van der Waals surface area contributed by atoms with Gasteiger partial charge in [-0.25, -0.2) is 4.99 Å². The van der Waals surface area contributed by atoms with Gasteiger partial charge in [0.05, 0.1) is 6.54 Å². The van der Waals surface area contributed by atoms with Crippen LogP contribution in [-0.2, 0) is 4.74 Å². The Labute approximate surface area is 110 Å². The quantitative estimate of drug-likeness (QED) is 0.745. The molecule has 0 aromatic heterocycles. The van der Waals surface area contributed by atoms with Crippen molar-refractivity contribution in [2.75, 3.05) is 13.2 Å². The molecule has 0 bridgehead atoms. The number of ether oxygens (including phenoxy) is 1. The van der Waals surface area contributed by atoms with E-state index in [1.54, 1.807) is 12.1 Å². The highest BCUT2D eigenvalue weighted by molar-refractivity contribution is 5.93. The fourth-order valence-corrected chi connectivity index (χ4v) is 1.89. The van der Waals surface area contributed by atoms with Gasteiger partial charge >= 0.3 is 0 Å². The van der Waals surface area contributed by atoms with Crippen LogP contribution in [0.15, 0.2) is 40.3 Å². The number of rotatable bonds is 3. The number of nitrogens with one attached hydrogen (secondary N) is 2. The Morgan fingerprint density at radius 3 is 3.05 bits per heavy atom. The van der Waals surface area contributed by atoms with Gasteiger partial charge in [-0.2, -0.15) is 10.4 Å². The van der Waals surface area contributed by atoms with Crippen molar-refractivity contribution in [3.8, 4) is 0 Å². The van der Waals surface area contributed by atoms with Gasteiger partial charge in [0.2, 0.25) is 0 Å². The van der Waals surface area contributed by atoms with Crippen molar-refractivity contribution in [1.82, 2.24) is 15.8 Å². The fraction of sp³-hybridized carbons (Fsp3) is 0.250. The molecule has 1 atom stereocenters. The summed E-state index contributed by atoms with van der Waals surface area (Å²) in [6, 6.07) is 9.50. The number of carbonyl (C=O) groups excluding carboxylic acids is 1. The van der Waals surface area contributed by atoms with Crippen molar-refractivity contribution in [1.29, 1.82) is 0 Å². The van der Waals surface area contributed by atoms with Crippen LogP contribution >= 0.6 is 0 Å². The van der Waals surface area contributed by atoms with Crippen LogP contribution in [-0.4, -0.2) is 42.6 Å². The smallest absolute Gasteiger partial charge is 0.296 e. The molecule has 7 heteroatoms. The van der Waals surface area contributed by atoms with Crippen molar-refractivity contribution < 1.29 is 9.53 Å². The molecular weight excluding hydrogens is 246 g/mol. The summed E-state index contributed by atoms with van der Waals surface area (Å²) < 4.78 is 5.31. The standard InChI is InChI=1S/C12H13N5O2/c18-10(9-4-2-1-3-5-9)15-16-11-13-8-14-12-17(11)6-7-19-12/h1-5,8,11,16H,6-7H2,(H,15,18). The number of aliphatic imine (C=N–C) groups is 2. The molecule has 1 aromatic carbocycles. The number of hydrogen-bond acceptors (Lipinski definition) is 6. The van der Waals surface area contributed by atoms with E-state index in [0.717, 1.165) is 0 Å². The van der Waals surface area contributed by atoms with Crippen molar-refractivity contribution in [2.24, 2.45) is 9.98 Å². The second-order valence-corrected chi connectivity index (χ2v) is 4.06. The summed E-state index contributed by atoms with van der Waals surface area (Å²) in [5, 5.41) is 0. The van der Waals surface area contributed by atoms with E-state index in [0.29, 0.717) is 24.7 Å². The van der Waals surface area contributed by atoms with Gasteiger partial charge in [-0.15, -0.1) is 0 Å². The minimum atomic E-state index is -0.386. The van der Waals surface area contributed by atoms with Crippen molar-refractivity contribution in [3.63, 3.8) is 0 Å². The zero-order chi connectivity index (χ0) is 13.1. The molecule has 1 amide bonds. The minimum Gasteiger partial charge on any atom is -0.463 e. The molecule has 1 saturated heterocycles. The van der Waals surface area contributed by atoms with E-state index < -0.39 is 0 Å². The zero-order valence-corrected chi connectivity index (χ0v) is 10.1. The van der Waals surface area contributed by atoms with Gasteiger partial charge in [-0.1, -0.05) is 18.2 Å². The summed E-state index contributed by atoms with van der Waals surface area (Å²) in [5.41, 5.74) is 6.07. The third-order valence-electron chi connectivity index (χ3n) is 2.83. The molecule has 98 valence electrons. The summed E-state index contributed by atoms with van der Waals surface area (Å²) >= 11 is 0. The number of amides is 1. The molecule has 0 aliphatic carbocycles. The molecule has 0 spiro atoms. The lowest BCUT2D eigenvalue weighted by Gasteiger charge is -2.26. The maximum Gasteiger partial charge on any atom is 0.296 e. The third-order valence-corrected chi connectivity index (χ3v) is 2.83. The van der Waals surface area contributed by atoms with Crippen molar-refractivity contribution in [3.05, 3.63) is 35.9 Å². The van der Waals surface area contributed by atoms with Crippen LogP contribution in [0.4, 0.5) is 0 Å². The lowest BCUT2D eigenvalue weighted by atomic mass is 10.2. The first kappa shape index (κ1) is 11.7. The second-order valence-electron chi connectivity index (χ2n) is 4.06. The number of hydrogen-bond donors (Lipinski definition) is 2. The highest BCUT2D eigenvalue weighted by Crippen LogP contribution is 2.10. The van der Waals surface area contributed by atoms with E-state index in [4.69, 9.17) is 4.74 Å². The maximum atomic E-state index is 11.9.